The first-order valence-electron chi connectivity index (χ1n) is 5.13. The van der Waals surface area contributed by atoms with Gasteiger partial charge in [0.2, 0.25) is 0 Å². The Balaban J connectivity index is 0.00000225. The van der Waals surface area contributed by atoms with Gasteiger partial charge in [-0.2, -0.15) is 5.10 Å². The van der Waals surface area contributed by atoms with Crippen LogP contribution < -0.4 is 10.6 Å². The first kappa shape index (κ1) is 15.1. The zero-order valence-corrected chi connectivity index (χ0v) is 12.2. The molecular weight excluding hydrogens is 319 g/mol. The van der Waals surface area contributed by atoms with Crippen LogP contribution in [0.15, 0.2) is 11.3 Å². The summed E-state index contributed by atoms with van der Waals surface area (Å²) in [4.78, 5) is 8.47. The molecule has 0 aliphatic heterocycles. The molecule has 1 aromatic rings. The van der Waals surface area contributed by atoms with Crippen LogP contribution in [0.2, 0.25) is 0 Å². The second-order valence-corrected chi connectivity index (χ2v) is 3.03. The highest BCUT2D eigenvalue weighted by Crippen LogP contribution is 1.92. The zero-order chi connectivity index (χ0) is 11.1. The lowest BCUT2D eigenvalue weighted by Gasteiger charge is -2.08. The number of aromatic nitrogens is 3. The van der Waals surface area contributed by atoms with E-state index >= 15 is 0 Å². The maximum Gasteiger partial charge on any atom is 0.191 e. The van der Waals surface area contributed by atoms with Crippen molar-refractivity contribution in [2.45, 2.75) is 20.4 Å². The van der Waals surface area contributed by atoms with Gasteiger partial charge in [-0.1, -0.05) is 0 Å². The number of nitrogens with zero attached hydrogens (tertiary/aromatic N) is 4. The summed E-state index contributed by atoms with van der Waals surface area (Å²) in [6.07, 6.45) is 1.53. The van der Waals surface area contributed by atoms with Gasteiger partial charge in [-0.3, -0.25) is 4.68 Å². The normalized spacial score (nSPS) is 9.19. The minimum atomic E-state index is 0. The molecule has 0 aliphatic carbocycles. The third-order valence-corrected chi connectivity index (χ3v) is 1.87. The molecule has 0 aliphatic rings. The molecule has 92 valence electrons. The van der Waals surface area contributed by atoms with Gasteiger partial charge < -0.3 is 10.6 Å². The molecule has 2 N–H and O–H groups in total. The molecule has 0 bridgehead atoms. The van der Waals surface area contributed by atoms with Gasteiger partial charge in [0.1, 0.15) is 18.7 Å². The Hall–Kier alpha value is -0.860. The van der Waals surface area contributed by atoms with E-state index in [1.165, 1.54) is 6.33 Å². The Morgan fingerprint density at radius 3 is 2.44 bits per heavy atom. The van der Waals surface area contributed by atoms with Gasteiger partial charge in [-0.05, 0) is 13.8 Å². The Bertz CT molecular complexity index is 314. The van der Waals surface area contributed by atoms with Crippen molar-refractivity contribution in [3.8, 4) is 0 Å². The zero-order valence-electron chi connectivity index (χ0n) is 9.90. The van der Waals surface area contributed by atoms with E-state index in [1.807, 2.05) is 20.9 Å². The van der Waals surface area contributed by atoms with Crippen LogP contribution in [0.3, 0.4) is 0 Å². The molecule has 1 aromatic heterocycles. The number of aryl methyl sites for hydroxylation is 1. The molecule has 0 amide bonds. The van der Waals surface area contributed by atoms with E-state index in [9.17, 15) is 0 Å². The minimum Gasteiger partial charge on any atom is -0.357 e. The quantitative estimate of drug-likeness (QED) is 0.477. The van der Waals surface area contributed by atoms with E-state index in [1.54, 1.807) is 4.68 Å². The lowest BCUT2D eigenvalue weighted by molar-refractivity contribution is 0.698. The van der Waals surface area contributed by atoms with Gasteiger partial charge >= 0.3 is 0 Å². The summed E-state index contributed by atoms with van der Waals surface area (Å²) < 4.78 is 1.72. The molecule has 6 nitrogen and oxygen atoms in total. The molecular formula is C9H19IN6. The molecule has 16 heavy (non-hydrogen) atoms. The standard InChI is InChI=1S/C9H18N6.HI/c1-4-10-9(11-5-2)12-6-8-13-7-14-15(8)3;/h7H,4-6H2,1-3H3,(H2,10,11,12);1H. The lowest BCUT2D eigenvalue weighted by atomic mass is 10.6. The number of nitrogens with one attached hydrogen (secondary N) is 2. The number of halogens is 1. The van der Waals surface area contributed by atoms with Crippen LogP contribution in [0.4, 0.5) is 0 Å². The smallest absolute Gasteiger partial charge is 0.191 e. The van der Waals surface area contributed by atoms with Crippen molar-refractivity contribution < 1.29 is 0 Å². The second kappa shape index (κ2) is 8.31. The first-order chi connectivity index (χ1) is 7.27. The fourth-order valence-corrected chi connectivity index (χ4v) is 1.12. The van der Waals surface area contributed by atoms with Crippen LogP contribution in [0.1, 0.15) is 19.7 Å². The summed E-state index contributed by atoms with van der Waals surface area (Å²) in [6.45, 7) is 6.31. The van der Waals surface area contributed by atoms with Crippen LogP contribution in [0, 0.1) is 0 Å². The highest BCUT2D eigenvalue weighted by Gasteiger charge is 1.99. The number of hydrogen-bond acceptors (Lipinski definition) is 3. The molecule has 0 fully saturated rings. The SMILES string of the molecule is CCNC(=NCc1ncnn1C)NCC.I. The maximum absolute atomic E-state index is 4.38. The second-order valence-electron chi connectivity index (χ2n) is 3.03. The van der Waals surface area contributed by atoms with Crippen LogP contribution in [-0.2, 0) is 13.6 Å². The Morgan fingerprint density at radius 1 is 1.38 bits per heavy atom. The molecule has 0 unspecified atom stereocenters. The summed E-state index contributed by atoms with van der Waals surface area (Å²) in [5, 5.41) is 10.3. The van der Waals surface area contributed by atoms with Crippen LogP contribution in [-0.4, -0.2) is 33.8 Å². The largest absolute Gasteiger partial charge is 0.357 e. The minimum absolute atomic E-state index is 0. The van der Waals surface area contributed by atoms with Crippen molar-refractivity contribution in [2.24, 2.45) is 12.0 Å². The molecule has 0 radical (unpaired) electrons. The molecule has 0 spiro atoms. The van der Waals surface area contributed by atoms with Crippen molar-refractivity contribution in [2.75, 3.05) is 13.1 Å². The number of rotatable bonds is 4. The van der Waals surface area contributed by atoms with Crippen molar-refractivity contribution in [3.63, 3.8) is 0 Å². The Labute approximate surface area is 113 Å². The Morgan fingerprint density at radius 2 is 2.00 bits per heavy atom. The summed E-state index contributed by atoms with van der Waals surface area (Å²) in [7, 11) is 1.86. The highest BCUT2D eigenvalue weighted by molar-refractivity contribution is 14.0. The molecule has 0 saturated heterocycles. The highest BCUT2D eigenvalue weighted by atomic mass is 127. The van der Waals surface area contributed by atoms with Gasteiger partial charge in [0.15, 0.2) is 5.96 Å². The van der Waals surface area contributed by atoms with Gasteiger partial charge in [-0.25, -0.2) is 9.98 Å². The van der Waals surface area contributed by atoms with Crippen LogP contribution in [0.5, 0.6) is 0 Å². The predicted molar refractivity (Wildman–Crippen MR) is 74.9 cm³/mol. The van der Waals surface area contributed by atoms with E-state index < -0.39 is 0 Å². The monoisotopic (exact) mass is 338 g/mol. The summed E-state index contributed by atoms with van der Waals surface area (Å²) >= 11 is 0. The fraction of sp³-hybridized carbons (Fsp3) is 0.667. The van der Waals surface area contributed by atoms with E-state index in [2.05, 4.69) is 25.7 Å². The fourth-order valence-electron chi connectivity index (χ4n) is 1.12. The molecule has 1 rings (SSSR count). The number of guanidine groups is 1. The van der Waals surface area contributed by atoms with Crippen LogP contribution in [0.25, 0.3) is 0 Å². The van der Waals surface area contributed by atoms with E-state index in [0.29, 0.717) is 6.54 Å². The van der Waals surface area contributed by atoms with Gasteiger partial charge in [0.25, 0.3) is 0 Å². The number of aliphatic imine (C=N–C) groups is 1. The first-order valence-corrected chi connectivity index (χ1v) is 5.13. The Kier molecular flexibility index (Phi) is 7.86. The van der Waals surface area contributed by atoms with Crippen molar-refractivity contribution in [3.05, 3.63) is 12.2 Å². The van der Waals surface area contributed by atoms with E-state index in [4.69, 9.17) is 0 Å². The summed E-state index contributed by atoms with van der Waals surface area (Å²) in [5.74, 6) is 1.66. The molecule has 0 atom stereocenters. The van der Waals surface area contributed by atoms with Crippen molar-refractivity contribution in [1.82, 2.24) is 25.4 Å². The van der Waals surface area contributed by atoms with Gasteiger partial charge in [-0.15, -0.1) is 24.0 Å². The summed E-state index contributed by atoms with van der Waals surface area (Å²) in [6, 6.07) is 0. The van der Waals surface area contributed by atoms with Crippen LogP contribution >= 0.6 is 24.0 Å². The predicted octanol–water partition coefficient (Wildman–Crippen LogP) is 0.508. The summed E-state index contributed by atoms with van der Waals surface area (Å²) in [5.41, 5.74) is 0. The third-order valence-electron chi connectivity index (χ3n) is 1.87. The third kappa shape index (κ3) is 4.77. The molecule has 1 heterocycles. The van der Waals surface area contributed by atoms with E-state index in [0.717, 1.165) is 24.9 Å². The van der Waals surface area contributed by atoms with Crippen molar-refractivity contribution in [1.29, 1.82) is 0 Å². The van der Waals surface area contributed by atoms with Crippen molar-refractivity contribution >= 4 is 29.9 Å². The number of hydrogen-bond donors (Lipinski definition) is 2. The molecule has 7 heteroatoms. The van der Waals surface area contributed by atoms with Gasteiger partial charge in [0.05, 0.1) is 0 Å². The topological polar surface area (TPSA) is 67.1 Å². The molecule has 0 aromatic carbocycles. The van der Waals surface area contributed by atoms with E-state index in [-0.39, 0.29) is 24.0 Å². The van der Waals surface area contributed by atoms with Gasteiger partial charge in [0, 0.05) is 20.1 Å². The lowest BCUT2D eigenvalue weighted by Crippen LogP contribution is -2.37. The average Bonchev–Trinajstić information content (AvgIpc) is 2.61. The average molecular weight is 338 g/mol. The molecule has 0 saturated carbocycles. The maximum atomic E-state index is 4.38.